The van der Waals surface area contributed by atoms with Crippen molar-refractivity contribution in [2.75, 3.05) is 13.7 Å². The number of rotatable bonds is 7. The smallest absolute Gasteiger partial charge is 0.0610 e. The van der Waals surface area contributed by atoms with Gasteiger partial charge in [0.2, 0.25) is 0 Å². The SMILES string of the molecule is COCCCCC(C)C(Cl)c1ccccc1. The fourth-order valence-corrected chi connectivity index (χ4v) is 2.10. The average molecular weight is 241 g/mol. The van der Waals surface area contributed by atoms with E-state index in [1.165, 1.54) is 12.0 Å². The predicted octanol–water partition coefficient (Wildman–Crippen LogP) is 4.42. The van der Waals surface area contributed by atoms with E-state index in [1.807, 2.05) is 18.2 Å². The van der Waals surface area contributed by atoms with Crippen molar-refractivity contribution in [3.8, 4) is 0 Å². The molecule has 0 spiro atoms. The summed E-state index contributed by atoms with van der Waals surface area (Å²) < 4.78 is 5.04. The van der Waals surface area contributed by atoms with Gasteiger partial charge in [-0.15, -0.1) is 11.6 Å². The van der Waals surface area contributed by atoms with Crippen LogP contribution in [0.3, 0.4) is 0 Å². The number of ether oxygens (including phenoxy) is 1. The van der Waals surface area contributed by atoms with Gasteiger partial charge in [-0.25, -0.2) is 0 Å². The molecule has 0 saturated carbocycles. The van der Waals surface area contributed by atoms with Crippen molar-refractivity contribution in [2.24, 2.45) is 5.92 Å². The summed E-state index contributed by atoms with van der Waals surface area (Å²) in [6.07, 6.45) is 3.47. The number of alkyl halides is 1. The molecule has 1 aromatic carbocycles. The zero-order valence-electron chi connectivity index (χ0n) is 10.2. The Bertz CT molecular complexity index is 273. The maximum Gasteiger partial charge on any atom is 0.0610 e. The number of hydrogen-bond acceptors (Lipinski definition) is 1. The van der Waals surface area contributed by atoms with E-state index in [4.69, 9.17) is 16.3 Å². The van der Waals surface area contributed by atoms with Crippen molar-refractivity contribution in [3.05, 3.63) is 35.9 Å². The van der Waals surface area contributed by atoms with Crippen LogP contribution >= 0.6 is 11.6 Å². The quantitative estimate of drug-likeness (QED) is 0.507. The van der Waals surface area contributed by atoms with Crippen LogP contribution in [0.4, 0.5) is 0 Å². The second kappa shape index (κ2) is 7.70. The lowest BCUT2D eigenvalue weighted by Gasteiger charge is -2.18. The lowest BCUT2D eigenvalue weighted by atomic mass is 9.95. The van der Waals surface area contributed by atoms with Crippen molar-refractivity contribution in [1.82, 2.24) is 0 Å². The normalized spacial score (nSPS) is 14.7. The first-order chi connectivity index (χ1) is 7.75. The zero-order chi connectivity index (χ0) is 11.8. The molecule has 0 N–H and O–H groups in total. The highest BCUT2D eigenvalue weighted by molar-refractivity contribution is 6.20. The van der Waals surface area contributed by atoms with Crippen LogP contribution in [0.25, 0.3) is 0 Å². The molecule has 1 aromatic rings. The standard InChI is InChI=1S/C14H21ClO/c1-12(8-6-7-11-16-2)14(15)13-9-4-3-5-10-13/h3-5,9-10,12,14H,6-8,11H2,1-2H3. The van der Waals surface area contributed by atoms with Gasteiger partial charge >= 0.3 is 0 Å². The van der Waals surface area contributed by atoms with Gasteiger partial charge in [-0.2, -0.15) is 0 Å². The molecule has 0 aliphatic carbocycles. The largest absolute Gasteiger partial charge is 0.385 e. The van der Waals surface area contributed by atoms with Crippen LogP contribution in [0.2, 0.25) is 0 Å². The highest BCUT2D eigenvalue weighted by atomic mass is 35.5. The van der Waals surface area contributed by atoms with Crippen molar-refractivity contribution in [2.45, 2.75) is 31.6 Å². The third kappa shape index (κ3) is 4.54. The van der Waals surface area contributed by atoms with E-state index in [9.17, 15) is 0 Å². The molecule has 2 heteroatoms. The number of methoxy groups -OCH3 is 1. The molecule has 0 aliphatic rings. The van der Waals surface area contributed by atoms with Gasteiger partial charge in [0.1, 0.15) is 0 Å². The van der Waals surface area contributed by atoms with Gasteiger partial charge in [-0.05, 0) is 24.3 Å². The van der Waals surface area contributed by atoms with Crippen LogP contribution in [0, 0.1) is 5.92 Å². The molecular formula is C14H21ClO. The molecule has 90 valence electrons. The Balaban J connectivity index is 2.33. The summed E-state index contributed by atoms with van der Waals surface area (Å²) >= 11 is 6.44. The molecule has 16 heavy (non-hydrogen) atoms. The molecular weight excluding hydrogens is 220 g/mol. The first-order valence-corrected chi connectivity index (χ1v) is 6.37. The van der Waals surface area contributed by atoms with Gasteiger partial charge in [-0.3, -0.25) is 0 Å². The van der Waals surface area contributed by atoms with Crippen molar-refractivity contribution >= 4 is 11.6 Å². The van der Waals surface area contributed by atoms with E-state index in [-0.39, 0.29) is 5.38 Å². The van der Waals surface area contributed by atoms with Gasteiger partial charge in [0, 0.05) is 13.7 Å². The molecule has 0 amide bonds. The van der Waals surface area contributed by atoms with Gasteiger partial charge in [0.05, 0.1) is 5.38 Å². The highest BCUT2D eigenvalue weighted by Gasteiger charge is 2.15. The van der Waals surface area contributed by atoms with E-state index in [0.717, 1.165) is 19.4 Å². The molecule has 0 bridgehead atoms. The molecule has 0 aromatic heterocycles. The molecule has 0 heterocycles. The average Bonchev–Trinajstić information content (AvgIpc) is 2.34. The summed E-state index contributed by atoms with van der Waals surface area (Å²) in [6, 6.07) is 10.3. The summed E-state index contributed by atoms with van der Waals surface area (Å²) in [7, 11) is 1.75. The van der Waals surface area contributed by atoms with E-state index in [0.29, 0.717) is 5.92 Å². The molecule has 1 rings (SSSR count). The minimum absolute atomic E-state index is 0.128. The van der Waals surface area contributed by atoms with Crippen molar-refractivity contribution in [3.63, 3.8) is 0 Å². The number of unbranched alkanes of at least 4 members (excludes halogenated alkanes) is 1. The summed E-state index contributed by atoms with van der Waals surface area (Å²) in [6.45, 7) is 3.07. The third-order valence-corrected chi connectivity index (χ3v) is 3.56. The van der Waals surface area contributed by atoms with Gasteiger partial charge in [0.15, 0.2) is 0 Å². The fourth-order valence-electron chi connectivity index (χ4n) is 1.82. The van der Waals surface area contributed by atoms with E-state index < -0.39 is 0 Å². The number of benzene rings is 1. The first-order valence-electron chi connectivity index (χ1n) is 5.93. The minimum atomic E-state index is 0.128. The summed E-state index contributed by atoms with van der Waals surface area (Å²) in [5.41, 5.74) is 1.23. The molecule has 1 nitrogen and oxygen atoms in total. The highest BCUT2D eigenvalue weighted by Crippen LogP contribution is 2.31. The zero-order valence-corrected chi connectivity index (χ0v) is 10.9. The molecule has 0 saturated heterocycles. The van der Waals surface area contributed by atoms with Crippen molar-refractivity contribution < 1.29 is 4.74 Å². The van der Waals surface area contributed by atoms with Gasteiger partial charge in [-0.1, -0.05) is 43.7 Å². The Morgan fingerprint density at radius 2 is 1.88 bits per heavy atom. The topological polar surface area (TPSA) is 9.23 Å². The lowest BCUT2D eigenvalue weighted by Crippen LogP contribution is -2.04. The second-order valence-corrected chi connectivity index (χ2v) is 4.75. The molecule has 0 aliphatic heterocycles. The Morgan fingerprint density at radius 1 is 1.19 bits per heavy atom. The molecule has 2 unspecified atom stereocenters. The Morgan fingerprint density at radius 3 is 2.50 bits per heavy atom. The first kappa shape index (κ1) is 13.5. The van der Waals surface area contributed by atoms with Crippen LogP contribution in [-0.2, 0) is 4.74 Å². The predicted molar refractivity (Wildman–Crippen MR) is 69.9 cm³/mol. The summed E-state index contributed by atoms with van der Waals surface area (Å²) in [5.74, 6) is 0.515. The Kier molecular flexibility index (Phi) is 6.51. The van der Waals surface area contributed by atoms with Crippen LogP contribution in [0.1, 0.15) is 37.1 Å². The van der Waals surface area contributed by atoms with E-state index in [2.05, 4.69) is 19.1 Å². The fraction of sp³-hybridized carbons (Fsp3) is 0.571. The van der Waals surface area contributed by atoms with Crippen molar-refractivity contribution in [1.29, 1.82) is 0 Å². The van der Waals surface area contributed by atoms with E-state index in [1.54, 1.807) is 7.11 Å². The van der Waals surface area contributed by atoms with Crippen LogP contribution in [0.15, 0.2) is 30.3 Å². The lowest BCUT2D eigenvalue weighted by molar-refractivity contribution is 0.190. The number of hydrogen-bond donors (Lipinski definition) is 0. The summed E-state index contributed by atoms with van der Waals surface area (Å²) in [4.78, 5) is 0. The molecule has 0 fully saturated rings. The maximum absolute atomic E-state index is 6.44. The van der Waals surface area contributed by atoms with Gasteiger partial charge < -0.3 is 4.74 Å². The monoisotopic (exact) mass is 240 g/mol. The Labute approximate surface area is 104 Å². The number of halogens is 1. The third-order valence-electron chi connectivity index (χ3n) is 2.88. The maximum atomic E-state index is 6.44. The van der Waals surface area contributed by atoms with Crippen LogP contribution in [-0.4, -0.2) is 13.7 Å². The minimum Gasteiger partial charge on any atom is -0.385 e. The second-order valence-electron chi connectivity index (χ2n) is 4.28. The molecule has 0 radical (unpaired) electrons. The van der Waals surface area contributed by atoms with Crippen LogP contribution < -0.4 is 0 Å². The van der Waals surface area contributed by atoms with E-state index >= 15 is 0 Å². The Hall–Kier alpha value is -0.530. The summed E-state index contributed by atoms with van der Waals surface area (Å²) in [5, 5.41) is 0.128. The molecule has 2 atom stereocenters. The van der Waals surface area contributed by atoms with Crippen LogP contribution in [0.5, 0.6) is 0 Å². The van der Waals surface area contributed by atoms with Gasteiger partial charge in [0.25, 0.3) is 0 Å².